The van der Waals surface area contributed by atoms with Gasteiger partial charge in [0.05, 0.1) is 157 Å². The molecule has 488 valence electrons. The third kappa shape index (κ3) is 53.2. The lowest BCUT2D eigenvalue weighted by Crippen LogP contribution is -2.50. The van der Waals surface area contributed by atoms with Gasteiger partial charge in [0.1, 0.15) is 11.2 Å². The molecule has 0 fully saturated rings. The SMILES string of the molecule is CC(C)OC(=O)CC(CC(=O)OC(C)(C)C)(OC(C)C)C(=O)OC(C)C.CC(C)OCC(C)(COC(C)(C)C)OC(C)C.CC(C)OCC(C)(COC(C)C)COC(C)C.CC(C)OCC(COC(C)C)(COC(C)C)COC(C)C. The zero-order valence-corrected chi connectivity index (χ0v) is 58.1. The van der Waals surface area contributed by atoms with Gasteiger partial charge < -0.3 is 66.3 Å². The summed E-state index contributed by atoms with van der Waals surface area (Å²) in [5, 5.41) is 0. The van der Waals surface area contributed by atoms with Crippen molar-refractivity contribution in [3.8, 4) is 0 Å². The summed E-state index contributed by atoms with van der Waals surface area (Å²) < 4.78 is 79.5. The van der Waals surface area contributed by atoms with E-state index in [9.17, 15) is 14.4 Å². The Morgan fingerprint density at radius 2 is 0.605 bits per heavy atom. The lowest BCUT2D eigenvalue weighted by molar-refractivity contribution is -0.196. The van der Waals surface area contributed by atoms with Crippen LogP contribution in [0.2, 0.25) is 0 Å². The first kappa shape index (κ1) is 85.4. The maximum atomic E-state index is 12.8. The topological polar surface area (TPSA) is 180 Å². The third-order valence-electron chi connectivity index (χ3n) is 10.1. The second-order valence-electron chi connectivity index (χ2n) is 27.3. The van der Waals surface area contributed by atoms with Gasteiger partial charge in [0.15, 0.2) is 5.60 Å². The van der Waals surface area contributed by atoms with Gasteiger partial charge in [0.25, 0.3) is 0 Å². The van der Waals surface area contributed by atoms with Crippen molar-refractivity contribution >= 4 is 17.9 Å². The summed E-state index contributed by atoms with van der Waals surface area (Å²) >= 11 is 0. The summed E-state index contributed by atoms with van der Waals surface area (Å²) in [7, 11) is 0. The van der Waals surface area contributed by atoms with Gasteiger partial charge in [-0.15, -0.1) is 0 Å². The molecule has 0 aromatic heterocycles. The fourth-order valence-electron chi connectivity index (χ4n) is 6.50. The van der Waals surface area contributed by atoms with Crippen LogP contribution in [0.3, 0.4) is 0 Å². The number of hydrogen-bond acceptors (Lipinski definition) is 17. The average Bonchev–Trinajstić information content (AvgIpc) is 3.26. The molecule has 0 saturated heterocycles. The highest BCUT2D eigenvalue weighted by molar-refractivity contribution is 5.90. The third-order valence-corrected chi connectivity index (χ3v) is 10.1. The Kier molecular flexibility index (Phi) is 45.1. The van der Waals surface area contributed by atoms with Gasteiger partial charge in [-0.3, -0.25) is 9.59 Å². The second kappa shape index (κ2) is 42.7. The maximum Gasteiger partial charge on any atom is 0.339 e. The van der Waals surface area contributed by atoms with Crippen molar-refractivity contribution < 1.29 is 80.7 Å². The van der Waals surface area contributed by atoms with Crippen LogP contribution in [-0.4, -0.2) is 173 Å². The molecule has 0 spiro atoms. The standard InChI is InChI=1S/C19H34O7.C17H36O4.2C14H30O3/c1-12(2)23-15(20)10-19(25-14(5)6,17(22)24-13(3)4)11-16(21)26-18(7,8)9;1-13(2)18-9-17(10-19-14(3)4,11-20-15(5)6)12-21-16(7)8;1-11(2)15-8-14(7,9-16-12(3)4)10-17-13(5)6;1-11(2)15-9-14(8,17-12(3)4)10-16-13(5,6)7/h12-14H,10-11H2,1-9H3;13-16H,9-12H2,1-8H3;11-13H,8-10H2,1-7H3;11-12H,9-10H2,1-8H3. The van der Waals surface area contributed by atoms with Gasteiger partial charge >= 0.3 is 17.9 Å². The zero-order valence-electron chi connectivity index (χ0n) is 58.1. The molecule has 0 N–H and O–H groups in total. The summed E-state index contributed by atoms with van der Waals surface area (Å²) in [6.45, 7) is 67.8. The predicted molar refractivity (Wildman–Crippen MR) is 326 cm³/mol. The first-order valence-corrected chi connectivity index (χ1v) is 30.2. The highest BCUT2D eigenvalue weighted by Gasteiger charge is 2.48. The first-order chi connectivity index (χ1) is 36.6. The van der Waals surface area contributed by atoms with Gasteiger partial charge in [-0.25, -0.2) is 4.79 Å². The monoisotopic (exact) mass is 1170 g/mol. The molecule has 17 nitrogen and oxygen atoms in total. The van der Waals surface area contributed by atoms with E-state index < -0.39 is 54.2 Å². The van der Waals surface area contributed by atoms with Crippen molar-refractivity contribution in [1.29, 1.82) is 0 Å². The molecule has 0 aromatic rings. The van der Waals surface area contributed by atoms with Crippen molar-refractivity contribution in [2.75, 3.05) is 59.5 Å². The molecule has 0 aliphatic carbocycles. The Morgan fingerprint density at radius 3 is 0.877 bits per heavy atom. The van der Waals surface area contributed by atoms with E-state index in [1.54, 1.807) is 62.3 Å². The summed E-state index contributed by atoms with van der Waals surface area (Å²) in [5.41, 5.74) is -3.40. The molecule has 0 bridgehead atoms. The quantitative estimate of drug-likeness (QED) is 0.0423. The number of ether oxygens (including phenoxy) is 14. The van der Waals surface area contributed by atoms with Crippen LogP contribution in [-0.2, 0) is 80.7 Å². The normalized spacial score (nSPS) is 14.2. The molecule has 0 aliphatic rings. The van der Waals surface area contributed by atoms with Crippen molar-refractivity contribution in [3.63, 3.8) is 0 Å². The average molecular weight is 1170 g/mol. The van der Waals surface area contributed by atoms with Crippen LogP contribution in [0.4, 0.5) is 0 Å². The van der Waals surface area contributed by atoms with Crippen molar-refractivity contribution in [2.45, 2.75) is 330 Å². The minimum absolute atomic E-state index is 0.0706. The number of rotatable bonds is 37. The van der Waals surface area contributed by atoms with E-state index in [0.717, 1.165) is 0 Å². The number of esters is 3. The molecule has 2 atom stereocenters. The molecule has 0 amide bonds. The number of carbonyl (C=O) groups excluding carboxylic acids is 3. The van der Waals surface area contributed by atoms with E-state index in [1.165, 1.54) is 0 Å². The Hall–Kier alpha value is -2.03. The molecule has 0 aliphatic heterocycles. The lowest BCUT2D eigenvalue weighted by atomic mass is 9.91. The molecule has 0 aromatic carbocycles. The molecule has 0 rings (SSSR count). The maximum absolute atomic E-state index is 12.8. The van der Waals surface area contributed by atoms with E-state index >= 15 is 0 Å². The number of carbonyl (C=O) groups is 3. The number of hydrogen-bond donors (Lipinski definition) is 0. The lowest BCUT2D eigenvalue weighted by Gasteiger charge is -2.35. The first-order valence-electron chi connectivity index (χ1n) is 30.2. The van der Waals surface area contributed by atoms with Gasteiger partial charge in [-0.05, 0) is 215 Å². The van der Waals surface area contributed by atoms with Crippen LogP contribution in [0.1, 0.15) is 234 Å². The van der Waals surface area contributed by atoms with E-state index in [1.807, 2.05) is 152 Å². The fraction of sp³-hybridized carbons (Fsp3) is 0.953. The Bertz CT molecular complexity index is 1490. The Balaban J connectivity index is -0.000000496. The smallest absolute Gasteiger partial charge is 0.339 e. The van der Waals surface area contributed by atoms with Gasteiger partial charge in [0, 0.05) is 5.41 Å². The van der Waals surface area contributed by atoms with Gasteiger partial charge in [-0.2, -0.15) is 0 Å². The highest BCUT2D eigenvalue weighted by atomic mass is 16.6. The highest BCUT2D eigenvalue weighted by Crippen LogP contribution is 2.29. The van der Waals surface area contributed by atoms with Gasteiger partial charge in [-0.1, -0.05) is 6.92 Å². The molecule has 17 heteroatoms. The molecule has 0 heterocycles. The fourth-order valence-corrected chi connectivity index (χ4v) is 6.50. The second-order valence-corrected chi connectivity index (χ2v) is 27.3. The van der Waals surface area contributed by atoms with E-state index in [2.05, 4.69) is 6.92 Å². The molecular formula is C64H130O17. The van der Waals surface area contributed by atoms with Crippen LogP contribution in [0.25, 0.3) is 0 Å². The van der Waals surface area contributed by atoms with Crippen molar-refractivity contribution in [2.24, 2.45) is 10.8 Å². The zero-order chi connectivity index (χ0) is 64.3. The van der Waals surface area contributed by atoms with E-state index in [4.69, 9.17) is 66.3 Å². The minimum Gasteiger partial charge on any atom is -0.463 e. The van der Waals surface area contributed by atoms with Crippen LogP contribution in [0, 0.1) is 10.8 Å². The largest absolute Gasteiger partial charge is 0.463 e. The Labute approximate surface area is 497 Å². The van der Waals surface area contributed by atoms with Crippen LogP contribution < -0.4 is 0 Å². The molecular weight excluding hydrogens is 1040 g/mol. The molecule has 81 heavy (non-hydrogen) atoms. The summed E-state index contributed by atoms with van der Waals surface area (Å²) in [4.78, 5) is 37.4. The van der Waals surface area contributed by atoms with E-state index in [0.29, 0.717) is 59.5 Å². The van der Waals surface area contributed by atoms with E-state index in [-0.39, 0.29) is 83.1 Å². The summed E-state index contributed by atoms with van der Waals surface area (Å²) in [6.07, 6.45) is -0.268. The predicted octanol–water partition coefficient (Wildman–Crippen LogP) is 13.5. The molecule has 2 unspecified atom stereocenters. The van der Waals surface area contributed by atoms with Crippen molar-refractivity contribution in [3.05, 3.63) is 0 Å². The van der Waals surface area contributed by atoms with Gasteiger partial charge in [0.2, 0.25) is 0 Å². The molecule has 0 saturated carbocycles. The van der Waals surface area contributed by atoms with Crippen LogP contribution in [0.5, 0.6) is 0 Å². The summed E-state index contributed by atoms with van der Waals surface area (Å²) in [6, 6.07) is 0. The molecule has 0 radical (unpaired) electrons. The minimum atomic E-state index is -1.80. The Morgan fingerprint density at radius 1 is 0.309 bits per heavy atom. The van der Waals surface area contributed by atoms with Crippen LogP contribution in [0.15, 0.2) is 0 Å². The van der Waals surface area contributed by atoms with Crippen molar-refractivity contribution in [1.82, 2.24) is 0 Å². The summed E-state index contributed by atoms with van der Waals surface area (Å²) in [5.74, 6) is -2.09. The van der Waals surface area contributed by atoms with Crippen LogP contribution >= 0.6 is 0 Å².